The fourth-order valence-electron chi connectivity index (χ4n) is 3.15. The zero-order valence-corrected chi connectivity index (χ0v) is 16.7. The van der Waals surface area contributed by atoms with Gasteiger partial charge >= 0.3 is 5.97 Å². The van der Waals surface area contributed by atoms with Crippen LogP contribution in [0, 0.1) is 18.6 Å². The highest BCUT2D eigenvalue weighted by atomic mass is 32.1. The van der Waals surface area contributed by atoms with Crippen molar-refractivity contribution in [1.29, 1.82) is 0 Å². The highest BCUT2D eigenvalue weighted by Gasteiger charge is 2.22. The molecular weight excluding hydrogens is 410 g/mol. The Morgan fingerprint density at radius 2 is 1.80 bits per heavy atom. The van der Waals surface area contributed by atoms with Gasteiger partial charge in [0.1, 0.15) is 27.2 Å². The molecule has 2 heterocycles. The third kappa shape index (κ3) is 3.73. The van der Waals surface area contributed by atoms with Crippen LogP contribution >= 0.6 is 11.3 Å². The summed E-state index contributed by atoms with van der Waals surface area (Å²) in [4.78, 5) is 32.2. The van der Waals surface area contributed by atoms with Gasteiger partial charge in [-0.25, -0.2) is 18.6 Å². The van der Waals surface area contributed by atoms with Gasteiger partial charge in [-0.2, -0.15) is 0 Å². The van der Waals surface area contributed by atoms with E-state index in [0.29, 0.717) is 12.0 Å². The number of nitrogens with zero attached hydrogens (tertiary/aromatic N) is 1. The minimum absolute atomic E-state index is 0.187. The normalized spacial score (nSPS) is 11.0. The van der Waals surface area contributed by atoms with Gasteiger partial charge in [-0.05, 0) is 30.2 Å². The van der Waals surface area contributed by atoms with Gasteiger partial charge < -0.3 is 9.72 Å². The average Bonchev–Trinajstić information content (AvgIpc) is 3.05. The molecule has 0 spiro atoms. The smallest absolute Gasteiger partial charge is 0.348 e. The summed E-state index contributed by atoms with van der Waals surface area (Å²) in [6.45, 7) is 1.80. The van der Waals surface area contributed by atoms with Gasteiger partial charge in [-0.1, -0.05) is 36.4 Å². The number of benzene rings is 2. The molecule has 8 heteroatoms. The summed E-state index contributed by atoms with van der Waals surface area (Å²) in [6, 6.07) is 13.0. The van der Waals surface area contributed by atoms with E-state index in [0.717, 1.165) is 29.0 Å². The lowest BCUT2D eigenvalue weighted by Gasteiger charge is -2.04. The van der Waals surface area contributed by atoms with Crippen LogP contribution < -0.4 is 5.56 Å². The summed E-state index contributed by atoms with van der Waals surface area (Å²) >= 11 is 0.962. The van der Waals surface area contributed by atoms with Crippen molar-refractivity contribution in [2.24, 2.45) is 0 Å². The Hall–Kier alpha value is -3.39. The van der Waals surface area contributed by atoms with E-state index in [1.807, 2.05) is 30.3 Å². The second-order valence-electron chi connectivity index (χ2n) is 6.62. The van der Waals surface area contributed by atoms with Gasteiger partial charge in [0, 0.05) is 6.42 Å². The summed E-state index contributed by atoms with van der Waals surface area (Å²) in [5.74, 6) is -2.48. The van der Waals surface area contributed by atoms with Gasteiger partial charge in [0.05, 0.1) is 17.6 Å². The number of ether oxygens (including phenoxy) is 1. The predicted octanol–water partition coefficient (Wildman–Crippen LogP) is 4.64. The number of H-pyrrole nitrogens is 1. The van der Waals surface area contributed by atoms with Crippen molar-refractivity contribution in [3.63, 3.8) is 0 Å². The lowest BCUT2D eigenvalue weighted by molar-refractivity contribution is 0.0514. The summed E-state index contributed by atoms with van der Waals surface area (Å²) in [5, 5.41) is 0.204. The van der Waals surface area contributed by atoms with E-state index >= 15 is 0 Å². The number of aryl methyl sites for hydroxylation is 1. The first kappa shape index (κ1) is 19.9. The first-order chi connectivity index (χ1) is 14.5. The molecule has 4 aromatic rings. The SMILES string of the molecule is Cc1c(C(=O)OCCc2ccccc2)sc2nc(-c3c(F)cccc3F)[nH]c(=O)c12. The first-order valence-corrected chi connectivity index (χ1v) is 9.96. The largest absolute Gasteiger partial charge is 0.461 e. The molecule has 152 valence electrons. The molecular formula is C22H16F2N2O3S. The zero-order valence-electron chi connectivity index (χ0n) is 15.9. The molecule has 0 atom stereocenters. The van der Waals surface area contributed by atoms with Gasteiger partial charge in [0.25, 0.3) is 5.56 Å². The minimum atomic E-state index is -0.841. The number of carbonyl (C=O) groups excluding carboxylic acids is 1. The Morgan fingerprint density at radius 3 is 2.50 bits per heavy atom. The number of aromatic amines is 1. The molecule has 2 aromatic carbocycles. The summed E-state index contributed by atoms with van der Waals surface area (Å²) in [5.41, 5.74) is 0.464. The number of esters is 1. The lowest BCUT2D eigenvalue weighted by Crippen LogP contribution is -2.11. The molecule has 0 saturated carbocycles. The molecule has 0 unspecified atom stereocenters. The molecule has 0 bridgehead atoms. The lowest BCUT2D eigenvalue weighted by atomic mass is 10.1. The van der Waals surface area contributed by atoms with Crippen molar-refractivity contribution in [1.82, 2.24) is 9.97 Å². The summed E-state index contributed by atoms with van der Waals surface area (Å²) in [7, 11) is 0. The van der Waals surface area contributed by atoms with E-state index in [1.165, 1.54) is 6.07 Å². The fraction of sp³-hybridized carbons (Fsp3) is 0.136. The number of fused-ring (bicyclic) bond motifs is 1. The Kier molecular flexibility index (Phi) is 5.41. The molecule has 0 radical (unpaired) electrons. The highest BCUT2D eigenvalue weighted by Crippen LogP contribution is 2.30. The molecule has 0 saturated heterocycles. The Labute approximate surface area is 174 Å². The van der Waals surface area contributed by atoms with Crippen LogP contribution in [0.15, 0.2) is 53.3 Å². The van der Waals surface area contributed by atoms with Crippen LogP contribution in [0.2, 0.25) is 0 Å². The minimum Gasteiger partial charge on any atom is -0.461 e. The first-order valence-electron chi connectivity index (χ1n) is 9.14. The molecule has 0 aliphatic carbocycles. The molecule has 0 aliphatic rings. The van der Waals surface area contributed by atoms with Crippen molar-refractivity contribution < 1.29 is 18.3 Å². The van der Waals surface area contributed by atoms with Crippen LogP contribution in [0.4, 0.5) is 8.78 Å². The molecule has 4 rings (SSSR count). The number of rotatable bonds is 5. The van der Waals surface area contributed by atoms with Gasteiger partial charge in [-0.15, -0.1) is 11.3 Å². The van der Waals surface area contributed by atoms with Crippen LogP contribution in [0.5, 0.6) is 0 Å². The third-order valence-corrected chi connectivity index (χ3v) is 5.82. The zero-order chi connectivity index (χ0) is 21.3. The monoisotopic (exact) mass is 426 g/mol. The topological polar surface area (TPSA) is 72.0 Å². The quantitative estimate of drug-likeness (QED) is 0.472. The molecule has 0 amide bonds. The van der Waals surface area contributed by atoms with Crippen molar-refractivity contribution >= 4 is 27.5 Å². The fourth-order valence-corrected chi connectivity index (χ4v) is 4.23. The van der Waals surface area contributed by atoms with Crippen molar-refractivity contribution in [3.05, 3.63) is 86.5 Å². The van der Waals surface area contributed by atoms with E-state index in [1.54, 1.807) is 6.92 Å². The maximum absolute atomic E-state index is 14.1. The summed E-state index contributed by atoms with van der Waals surface area (Å²) < 4.78 is 33.5. The molecule has 0 aliphatic heterocycles. The molecule has 5 nitrogen and oxygen atoms in total. The van der Waals surface area contributed by atoms with Crippen LogP contribution in [0.1, 0.15) is 20.8 Å². The van der Waals surface area contributed by atoms with Crippen molar-refractivity contribution in [2.45, 2.75) is 13.3 Å². The number of nitrogens with one attached hydrogen (secondary N) is 1. The number of hydrogen-bond donors (Lipinski definition) is 1. The maximum atomic E-state index is 14.1. The van der Waals surface area contributed by atoms with E-state index in [-0.39, 0.29) is 27.5 Å². The van der Waals surface area contributed by atoms with Gasteiger partial charge in [0.15, 0.2) is 0 Å². The van der Waals surface area contributed by atoms with Crippen LogP contribution in [-0.4, -0.2) is 22.5 Å². The Balaban J connectivity index is 1.64. The average molecular weight is 426 g/mol. The molecule has 30 heavy (non-hydrogen) atoms. The van der Waals surface area contributed by atoms with E-state index in [2.05, 4.69) is 9.97 Å². The number of carbonyl (C=O) groups is 1. The molecule has 0 fully saturated rings. The van der Waals surface area contributed by atoms with Crippen LogP contribution in [0.3, 0.4) is 0 Å². The number of hydrogen-bond acceptors (Lipinski definition) is 5. The molecule has 2 aromatic heterocycles. The number of halogens is 2. The van der Waals surface area contributed by atoms with Gasteiger partial charge in [-0.3, -0.25) is 4.79 Å². The maximum Gasteiger partial charge on any atom is 0.348 e. The Bertz CT molecular complexity index is 1280. The van der Waals surface area contributed by atoms with E-state index < -0.39 is 28.7 Å². The number of aromatic nitrogens is 2. The highest BCUT2D eigenvalue weighted by molar-refractivity contribution is 7.20. The van der Waals surface area contributed by atoms with Crippen molar-refractivity contribution in [3.8, 4) is 11.4 Å². The standard InChI is InChI=1S/C22H16F2N2O3S/c1-12-16-20(27)25-19(17-14(23)8-5-9-15(17)24)26-21(16)30-18(12)22(28)29-11-10-13-6-3-2-4-7-13/h2-9H,10-11H2,1H3,(H,25,26,27). The third-order valence-electron chi connectivity index (χ3n) is 4.65. The van der Waals surface area contributed by atoms with Crippen LogP contribution in [0.25, 0.3) is 21.6 Å². The molecule has 1 N–H and O–H groups in total. The van der Waals surface area contributed by atoms with Crippen LogP contribution in [-0.2, 0) is 11.2 Å². The van der Waals surface area contributed by atoms with Crippen molar-refractivity contribution in [2.75, 3.05) is 6.61 Å². The van der Waals surface area contributed by atoms with E-state index in [4.69, 9.17) is 4.74 Å². The second-order valence-corrected chi connectivity index (χ2v) is 7.62. The van der Waals surface area contributed by atoms with Gasteiger partial charge in [0.2, 0.25) is 0 Å². The summed E-state index contributed by atoms with van der Waals surface area (Å²) in [6.07, 6.45) is 0.562. The Morgan fingerprint density at radius 1 is 1.10 bits per heavy atom. The second kappa shape index (κ2) is 8.16. The number of thiophene rings is 1. The predicted molar refractivity (Wildman–Crippen MR) is 111 cm³/mol. The van der Waals surface area contributed by atoms with E-state index in [9.17, 15) is 18.4 Å².